The number of nitrogens with one attached hydrogen (secondary N) is 1. The van der Waals surface area contributed by atoms with E-state index < -0.39 is 0 Å². The summed E-state index contributed by atoms with van der Waals surface area (Å²) in [6.45, 7) is 3.19. The molecule has 0 saturated carbocycles. The number of fused-ring (bicyclic) bond motifs is 1. The molecule has 8 nitrogen and oxygen atoms in total. The van der Waals surface area contributed by atoms with E-state index in [9.17, 15) is 9.59 Å². The van der Waals surface area contributed by atoms with E-state index in [2.05, 4.69) is 17.2 Å². The van der Waals surface area contributed by atoms with Crippen molar-refractivity contribution < 1.29 is 14.3 Å². The van der Waals surface area contributed by atoms with Gasteiger partial charge in [0, 0.05) is 19.3 Å². The molecule has 0 bridgehead atoms. The summed E-state index contributed by atoms with van der Waals surface area (Å²) >= 11 is 6.71. The number of pyridine rings is 1. The molecule has 0 radical (unpaired) electrons. The third kappa shape index (κ3) is 5.39. The van der Waals surface area contributed by atoms with E-state index in [0.29, 0.717) is 57.3 Å². The van der Waals surface area contributed by atoms with Gasteiger partial charge in [-0.1, -0.05) is 49.5 Å². The fraction of sp³-hybridized carbons (Fsp3) is 0.308. The van der Waals surface area contributed by atoms with Gasteiger partial charge < -0.3 is 14.8 Å². The SMILES string of the molecule is CCCCNc1nc2ccccn2c(=O)c1/C=C1\SC(=S)N(CCc2ccc(OC)c(OC)c2)C1=O. The number of hydrogen-bond donors (Lipinski definition) is 1. The lowest BCUT2D eigenvalue weighted by atomic mass is 10.1. The minimum absolute atomic E-state index is 0.220. The molecule has 0 atom stereocenters. The Bertz CT molecular complexity index is 1390. The van der Waals surface area contributed by atoms with Gasteiger partial charge in [-0.15, -0.1) is 0 Å². The molecule has 0 unspecified atom stereocenters. The number of nitrogens with zero attached hydrogens (tertiary/aromatic N) is 3. The minimum atomic E-state index is -0.241. The molecule has 1 N–H and O–H groups in total. The summed E-state index contributed by atoms with van der Waals surface area (Å²) < 4.78 is 12.6. The van der Waals surface area contributed by atoms with Crippen LogP contribution in [-0.2, 0) is 11.2 Å². The lowest BCUT2D eigenvalue weighted by Gasteiger charge is -2.15. The highest BCUT2D eigenvalue weighted by Crippen LogP contribution is 2.34. The third-order valence-corrected chi connectivity index (χ3v) is 7.19. The van der Waals surface area contributed by atoms with Gasteiger partial charge in [0.1, 0.15) is 15.8 Å². The van der Waals surface area contributed by atoms with Crippen LogP contribution in [0.1, 0.15) is 30.9 Å². The average molecular weight is 525 g/mol. The average Bonchev–Trinajstić information content (AvgIpc) is 3.16. The van der Waals surface area contributed by atoms with Crippen molar-refractivity contribution in [3.05, 3.63) is 69.0 Å². The van der Waals surface area contributed by atoms with Crippen LogP contribution in [0.4, 0.5) is 5.82 Å². The molecule has 1 aliphatic rings. The quantitative estimate of drug-likeness (QED) is 0.238. The first-order valence-electron chi connectivity index (χ1n) is 11.7. The van der Waals surface area contributed by atoms with Crippen molar-refractivity contribution in [1.29, 1.82) is 0 Å². The second-order valence-electron chi connectivity index (χ2n) is 8.16. The standard InChI is InChI=1S/C26H28N4O4S2/c1-4-5-12-27-23-18(24(31)29-13-7-6-8-22(29)28-23)16-21-25(32)30(26(35)36-21)14-11-17-9-10-19(33-2)20(15-17)34-3/h6-10,13,15-16,27H,4-5,11-12,14H2,1-3H3/b21-16-. The molecule has 0 aliphatic carbocycles. The first-order chi connectivity index (χ1) is 17.5. The lowest BCUT2D eigenvalue weighted by Crippen LogP contribution is -2.30. The lowest BCUT2D eigenvalue weighted by molar-refractivity contribution is -0.122. The largest absolute Gasteiger partial charge is 0.493 e. The van der Waals surface area contributed by atoms with Crippen molar-refractivity contribution in [3.8, 4) is 11.5 Å². The van der Waals surface area contributed by atoms with Crippen molar-refractivity contribution in [2.75, 3.05) is 32.6 Å². The number of hydrogen-bond acceptors (Lipinski definition) is 8. The van der Waals surface area contributed by atoms with Gasteiger partial charge in [0.25, 0.3) is 11.5 Å². The molecule has 10 heteroatoms. The third-order valence-electron chi connectivity index (χ3n) is 5.81. The predicted molar refractivity (Wildman–Crippen MR) is 148 cm³/mol. The Morgan fingerprint density at radius 2 is 1.94 bits per heavy atom. The molecule has 1 aromatic carbocycles. The fourth-order valence-corrected chi connectivity index (χ4v) is 5.14. The number of aromatic nitrogens is 2. The normalized spacial score (nSPS) is 14.6. The Labute approximate surface area is 219 Å². The molecule has 1 aliphatic heterocycles. The molecule has 1 saturated heterocycles. The summed E-state index contributed by atoms with van der Waals surface area (Å²) in [6, 6.07) is 11.1. The zero-order chi connectivity index (χ0) is 25.7. The zero-order valence-corrected chi connectivity index (χ0v) is 22.1. The molecule has 3 heterocycles. The summed E-state index contributed by atoms with van der Waals surface area (Å²) in [6.07, 6.45) is 5.82. The van der Waals surface area contributed by atoms with Gasteiger partial charge in [0.05, 0.1) is 24.7 Å². The molecule has 3 aromatic rings. The van der Waals surface area contributed by atoms with Gasteiger partial charge in [0.2, 0.25) is 0 Å². The van der Waals surface area contributed by atoms with E-state index in [1.807, 2.05) is 24.3 Å². The number of thioether (sulfide) groups is 1. The van der Waals surface area contributed by atoms with E-state index in [1.165, 1.54) is 16.2 Å². The number of carbonyl (C=O) groups is 1. The van der Waals surface area contributed by atoms with Gasteiger partial charge in [-0.05, 0) is 48.7 Å². The van der Waals surface area contributed by atoms with Crippen molar-refractivity contribution >= 4 is 51.7 Å². The van der Waals surface area contributed by atoms with Crippen molar-refractivity contribution in [1.82, 2.24) is 14.3 Å². The van der Waals surface area contributed by atoms with E-state index in [-0.39, 0.29) is 11.5 Å². The van der Waals surface area contributed by atoms with Crippen LogP contribution in [0.5, 0.6) is 11.5 Å². The second-order valence-corrected chi connectivity index (χ2v) is 9.84. The Balaban J connectivity index is 1.60. The van der Waals surface area contributed by atoms with Crippen molar-refractivity contribution in [2.45, 2.75) is 26.2 Å². The van der Waals surface area contributed by atoms with Gasteiger partial charge in [-0.25, -0.2) is 4.98 Å². The zero-order valence-electron chi connectivity index (χ0n) is 20.4. The highest BCUT2D eigenvalue weighted by atomic mass is 32.2. The van der Waals surface area contributed by atoms with Crippen LogP contribution in [-0.4, -0.2) is 51.8 Å². The topological polar surface area (TPSA) is 85.2 Å². The molecular formula is C26H28N4O4S2. The molecule has 188 valence electrons. The molecular weight excluding hydrogens is 496 g/mol. The van der Waals surface area contributed by atoms with E-state index >= 15 is 0 Å². The number of rotatable bonds is 10. The molecule has 2 aromatic heterocycles. The smallest absolute Gasteiger partial charge is 0.267 e. The van der Waals surface area contributed by atoms with E-state index in [1.54, 1.807) is 43.5 Å². The van der Waals surface area contributed by atoms with Gasteiger partial charge in [0.15, 0.2) is 11.5 Å². The number of benzene rings is 1. The molecule has 4 rings (SSSR count). The number of methoxy groups -OCH3 is 2. The number of ether oxygens (including phenoxy) is 2. The van der Waals surface area contributed by atoms with Gasteiger partial charge >= 0.3 is 0 Å². The van der Waals surface area contributed by atoms with Crippen LogP contribution in [0.15, 0.2) is 52.3 Å². The number of carbonyl (C=O) groups excluding carboxylic acids is 1. The Morgan fingerprint density at radius 1 is 1.14 bits per heavy atom. The molecule has 36 heavy (non-hydrogen) atoms. The summed E-state index contributed by atoms with van der Waals surface area (Å²) in [5, 5.41) is 3.27. The van der Waals surface area contributed by atoms with Gasteiger partial charge in [-0.3, -0.25) is 18.9 Å². The van der Waals surface area contributed by atoms with Crippen molar-refractivity contribution in [3.63, 3.8) is 0 Å². The highest BCUT2D eigenvalue weighted by molar-refractivity contribution is 8.26. The molecule has 1 amide bonds. The highest BCUT2D eigenvalue weighted by Gasteiger charge is 2.32. The maximum Gasteiger partial charge on any atom is 0.267 e. The van der Waals surface area contributed by atoms with E-state index in [0.717, 1.165) is 18.4 Å². The summed E-state index contributed by atoms with van der Waals surface area (Å²) in [5.41, 5.74) is 1.64. The first-order valence-corrected chi connectivity index (χ1v) is 12.9. The van der Waals surface area contributed by atoms with Crippen LogP contribution < -0.4 is 20.3 Å². The number of thiocarbonyl (C=S) groups is 1. The fourth-order valence-electron chi connectivity index (χ4n) is 3.85. The number of amides is 1. The maximum absolute atomic E-state index is 13.3. The monoisotopic (exact) mass is 524 g/mol. The van der Waals surface area contributed by atoms with Crippen molar-refractivity contribution in [2.24, 2.45) is 0 Å². The van der Waals surface area contributed by atoms with Crippen LogP contribution in [0, 0.1) is 0 Å². The molecule has 0 spiro atoms. The first kappa shape index (κ1) is 25.7. The predicted octanol–water partition coefficient (Wildman–Crippen LogP) is 4.37. The number of unbranched alkanes of at least 4 members (excludes halogenated alkanes) is 1. The van der Waals surface area contributed by atoms with Crippen LogP contribution in [0.25, 0.3) is 11.7 Å². The van der Waals surface area contributed by atoms with E-state index in [4.69, 9.17) is 21.7 Å². The van der Waals surface area contributed by atoms with Crippen LogP contribution in [0.2, 0.25) is 0 Å². The number of anilines is 1. The summed E-state index contributed by atoms with van der Waals surface area (Å²) in [5.74, 6) is 1.53. The van der Waals surface area contributed by atoms with Gasteiger partial charge in [-0.2, -0.15) is 0 Å². The maximum atomic E-state index is 13.3. The Kier molecular flexibility index (Phi) is 8.27. The second kappa shape index (κ2) is 11.6. The molecule has 1 fully saturated rings. The minimum Gasteiger partial charge on any atom is -0.493 e. The summed E-state index contributed by atoms with van der Waals surface area (Å²) in [4.78, 5) is 33.2. The Hall–Kier alpha value is -3.37. The Morgan fingerprint density at radius 3 is 2.69 bits per heavy atom. The van der Waals surface area contributed by atoms with Crippen LogP contribution in [0.3, 0.4) is 0 Å². The van der Waals surface area contributed by atoms with Crippen LogP contribution >= 0.6 is 24.0 Å². The summed E-state index contributed by atoms with van der Waals surface area (Å²) in [7, 11) is 3.18.